The van der Waals surface area contributed by atoms with Gasteiger partial charge in [0.25, 0.3) is 10.2 Å². The van der Waals surface area contributed by atoms with Crippen LogP contribution in [0.4, 0.5) is 10.1 Å². The number of nitrogens with one attached hydrogen (secondary N) is 2. The molecule has 2 heterocycles. The molecule has 6 nitrogen and oxygen atoms in total. The molecule has 0 bridgehead atoms. The molecule has 0 radical (unpaired) electrons. The molecule has 1 amide bonds. The van der Waals surface area contributed by atoms with Gasteiger partial charge in [-0.05, 0) is 46.6 Å². The van der Waals surface area contributed by atoms with Crippen molar-refractivity contribution in [1.29, 1.82) is 0 Å². The van der Waals surface area contributed by atoms with Gasteiger partial charge in [-0.2, -0.15) is 17.4 Å². The van der Waals surface area contributed by atoms with Gasteiger partial charge in [0.1, 0.15) is 11.9 Å². The summed E-state index contributed by atoms with van der Waals surface area (Å²) in [5.41, 5.74) is 0.293. The summed E-state index contributed by atoms with van der Waals surface area (Å²) < 4.78 is 42.5. The molecule has 0 aliphatic carbocycles. The molecule has 1 saturated heterocycles. The number of halogens is 3. The van der Waals surface area contributed by atoms with Crippen molar-refractivity contribution in [3.8, 4) is 0 Å². The highest BCUT2D eigenvalue weighted by Gasteiger charge is 2.41. The van der Waals surface area contributed by atoms with Crippen LogP contribution in [-0.4, -0.2) is 31.7 Å². The lowest BCUT2D eigenvalue weighted by Crippen LogP contribution is -2.55. The van der Waals surface area contributed by atoms with Gasteiger partial charge in [0, 0.05) is 27.5 Å². The summed E-state index contributed by atoms with van der Waals surface area (Å²) in [6.07, 6.45) is 0.253. The predicted octanol–water partition coefficient (Wildman–Crippen LogP) is 3.52. The Kier molecular flexibility index (Phi) is 5.71. The number of nitrogens with zero attached hydrogens (tertiary/aromatic N) is 1. The number of anilines is 1. The second-order valence-corrected chi connectivity index (χ2v) is 9.76. The van der Waals surface area contributed by atoms with Crippen LogP contribution in [0, 0.1) is 5.82 Å². The molecule has 1 fully saturated rings. The molecule has 0 spiro atoms. The second kappa shape index (κ2) is 7.53. The summed E-state index contributed by atoms with van der Waals surface area (Å²) in [7, 11) is -2.48. The average Bonchev–Trinajstić information content (AvgIpc) is 2.99. The smallest absolute Gasteiger partial charge is 0.280 e. The van der Waals surface area contributed by atoms with Gasteiger partial charge in [0.15, 0.2) is 0 Å². The minimum Gasteiger partial charge on any atom is -0.325 e. The first kappa shape index (κ1) is 19.7. The van der Waals surface area contributed by atoms with E-state index in [9.17, 15) is 17.6 Å². The molecule has 1 aliphatic rings. The van der Waals surface area contributed by atoms with Gasteiger partial charge in [-0.15, -0.1) is 11.3 Å². The number of hydrogen-bond donors (Lipinski definition) is 2. The van der Waals surface area contributed by atoms with E-state index in [1.165, 1.54) is 30.5 Å². The lowest BCUT2D eigenvalue weighted by atomic mass is 10.1. The molecule has 3 rings (SSSR count). The zero-order valence-corrected chi connectivity index (χ0v) is 17.3. The van der Waals surface area contributed by atoms with Gasteiger partial charge < -0.3 is 5.32 Å². The van der Waals surface area contributed by atoms with Crippen molar-refractivity contribution < 1.29 is 17.6 Å². The fraction of sp³-hybridized carbons (Fsp3) is 0.267. The predicted molar refractivity (Wildman–Crippen MR) is 103 cm³/mol. The molecule has 2 N–H and O–H groups in total. The lowest BCUT2D eigenvalue weighted by Gasteiger charge is -2.35. The Bertz CT molecular complexity index is 953. The van der Waals surface area contributed by atoms with E-state index < -0.39 is 34.0 Å². The highest BCUT2D eigenvalue weighted by Crippen LogP contribution is 2.33. The van der Waals surface area contributed by atoms with Crippen LogP contribution in [0.25, 0.3) is 0 Å². The first-order valence-corrected chi connectivity index (χ1v) is 10.9. The third-order valence-corrected chi connectivity index (χ3v) is 7.68. The van der Waals surface area contributed by atoms with E-state index in [-0.39, 0.29) is 11.4 Å². The van der Waals surface area contributed by atoms with Crippen molar-refractivity contribution in [1.82, 2.24) is 9.03 Å². The molecule has 0 saturated carbocycles. The van der Waals surface area contributed by atoms with Crippen LogP contribution < -0.4 is 10.0 Å². The monoisotopic (exact) mass is 481 g/mol. The number of thiophene rings is 1. The van der Waals surface area contributed by atoms with E-state index in [2.05, 4.69) is 26.0 Å². The molecule has 2 aromatic rings. The molecule has 1 unspecified atom stereocenters. The molecule has 1 aromatic carbocycles. The van der Waals surface area contributed by atoms with Gasteiger partial charge in [-0.25, -0.2) is 4.39 Å². The van der Waals surface area contributed by atoms with Gasteiger partial charge >= 0.3 is 0 Å². The average molecular weight is 483 g/mol. The molecule has 26 heavy (non-hydrogen) atoms. The fourth-order valence-corrected chi connectivity index (χ4v) is 5.64. The summed E-state index contributed by atoms with van der Waals surface area (Å²) in [4.78, 5) is 13.5. The molecular formula is C15H14BrClFN3O3S2. The summed E-state index contributed by atoms with van der Waals surface area (Å²) >= 11 is 10.5. The molecule has 2 atom stereocenters. The third-order valence-electron chi connectivity index (χ3n) is 3.99. The zero-order valence-electron chi connectivity index (χ0n) is 13.4. The largest absolute Gasteiger partial charge is 0.325 e. The molecule has 1 aliphatic heterocycles. The van der Waals surface area contributed by atoms with Crippen molar-refractivity contribution in [2.75, 3.05) is 12.4 Å². The number of benzene rings is 1. The maximum atomic E-state index is 13.3. The maximum Gasteiger partial charge on any atom is 0.280 e. The minimum atomic E-state index is -3.82. The van der Waals surface area contributed by atoms with Crippen molar-refractivity contribution in [3.05, 3.63) is 49.8 Å². The highest BCUT2D eigenvalue weighted by molar-refractivity contribution is 9.10. The second-order valence-electron chi connectivity index (χ2n) is 5.73. The first-order chi connectivity index (χ1) is 12.2. The quantitative estimate of drug-likeness (QED) is 0.703. The van der Waals surface area contributed by atoms with Crippen molar-refractivity contribution in [2.24, 2.45) is 0 Å². The summed E-state index contributed by atoms with van der Waals surface area (Å²) in [6, 6.07) is 4.15. The number of hydrogen-bond acceptors (Lipinski definition) is 4. The Morgan fingerprint density at radius 3 is 2.81 bits per heavy atom. The molecule has 11 heteroatoms. The van der Waals surface area contributed by atoms with Crippen LogP contribution in [-0.2, 0) is 15.0 Å². The zero-order chi connectivity index (χ0) is 19.1. The van der Waals surface area contributed by atoms with Crippen LogP contribution in [0.3, 0.4) is 0 Å². The van der Waals surface area contributed by atoms with E-state index in [0.717, 1.165) is 19.7 Å². The SMILES string of the molecule is CN1[C@@H](C(=O)Nc2ccc(F)c(Cl)c2)CC(c2cc(Br)cs2)NS1(=O)=O. The van der Waals surface area contributed by atoms with Crippen molar-refractivity contribution in [3.63, 3.8) is 0 Å². The number of carbonyl (C=O) groups excluding carboxylic acids is 1. The van der Waals surface area contributed by atoms with E-state index in [0.29, 0.717) is 5.69 Å². The van der Waals surface area contributed by atoms with Crippen molar-refractivity contribution in [2.45, 2.75) is 18.5 Å². The van der Waals surface area contributed by atoms with E-state index in [1.54, 1.807) is 0 Å². The first-order valence-electron chi connectivity index (χ1n) is 7.42. The van der Waals surface area contributed by atoms with Crippen LogP contribution in [0.2, 0.25) is 5.02 Å². The highest BCUT2D eigenvalue weighted by atomic mass is 79.9. The minimum absolute atomic E-state index is 0.129. The lowest BCUT2D eigenvalue weighted by molar-refractivity contribution is -0.120. The van der Waals surface area contributed by atoms with Crippen molar-refractivity contribution >= 4 is 60.7 Å². The summed E-state index contributed by atoms with van der Waals surface area (Å²) in [5, 5.41) is 4.31. The summed E-state index contributed by atoms with van der Waals surface area (Å²) in [5.74, 6) is -1.12. The van der Waals surface area contributed by atoms with Crippen LogP contribution >= 0.6 is 38.9 Å². The van der Waals surface area contributed by atoms with Gasteiger partial charge in [-0.3, -0.25) is 4.79 Å². The maximum absolute atomic E-state index is 13.3. The fourth-order valence-electron chi connectivity index (χ4n) is 2.61. The van der Waals surface area contributed by atoms with Crippen LogP contribution in [0.5, 0.6) is 0 Å². The van der Waals surface area contributed by atoms with Gasteiger partial charge in [-0.1, -0.05) is 11.6 Å². The number of likely N-dealkylation sites (N-methyl/N-ethyl adjacent to an activating group) is 1. The molecule has 1 aromatic heterocycles. The Balaban J connectivity index is 1.83. The molecular weight excluding hydrogens is 469 g/mol. The summed E-state index contributed by atoms with van der Waals surface area (Å²) in [6.45, 7) is 0. The van der Waals surface area contributed by atoms with Crippen LogP contribution in [0.15, 0.2) is 34.1 Å². The number of amides is 1. The van der Waals surface area contributed by atoms with Crippen LogP contribution in [0.1, 0.15) is 17.3 Å². The topological polar surface area (TPSA) is 78.5 Å². The Morgan fingerprint density at radius 2 is 2.19 bits per heavy atom. The number of carbonyl (C=O) groups is 1. The Labute approximate surface area is 167 Å². The molecule has 140 valence electrons. The van der Waals surface area contributed by atoms with E-state index in [4.69, 9.17) is 11.6 Å². The van der Waals surface area contributed by atoms with Gasteiger partial charge in [0.2, 0.25) is 5.91 Å². The third kappa shape index (κ3) is 4.10. The van der Waals surface area contributed by atoms with E-state index in [1.807, 2.05) is 11.4 Å². The number of rotatable bonds is 3. The Hall–Kier alpha value is -1.04. The Morgan fingerprint density at radius 1 is 1.46 bits per heavy atom. The van der Waals surface area contributed by atoms with E-state index >= 15 is 0 Å². The normalized spacial score (nSPS) is 22.9. The van der Waals surface area contributed by atoms with Gasteiger partial charge in [0.05, 0.1) is 11.1 Å². The standard InChI is InChI=1S/C15H14BrClFN3O3S2/c1-21-13(15(22)19-9-2-3-11(18)10(17)5-9)6-12(20-26(21,23)24)14-4-8(16)7-25-14/h2-5,7,12-13,20H,6H2,1H3,(H,19,22)/t12?,13-/m1/s1.